The molecule has 0 aliphatic carbocycles. The van der Waals surface area contributed by atoms with E-state index in [9.17, 15) is 36.7 Å². The number of hydrogen-bond donors (Lipinski definition) is 3. The Balaban J connectivity index is 1.61. The SMILES string of the molecule is O=C(CNC(=O)OCCNc1ccccn1)NC(CC(=O)OC(=O)C(F)(F)F)c1ccc(-c2ccccc2)c(F)c1. The van der Waals surface area contributed by atoms with Crippen LogP contribution >= 0.6 is 0 Å². The number of rotatable bonds is 11. The Morgan fingerprint density at radius 3 is 2.34 bits per heavy atom. The third kappa shape index (κ3) is 9.91. The summed E-state index contributed by atoms with van der Waals surface area (Å²) in [4.78, 5) is 51.5. The van der Waals surface area contributed by atoms with Gasteiger partial charge in [0.15, 0.2) is 0 Å². The number of carbonyl (C=O) groups is 4. The number of anilines is 1. The minimum absolute atomic E-state index is 0.00453. The molecule has 0 spiro atoms. The third-order valence-corrected chi connectivity index (χ3v) is 5.32. The van der Waals surface area contributed by atoms with Crippen molar-refractivity contribution in [3.63, 3.8) is 0 Å². The van der Waals surface area contributed by atoms with Crippen molar-refractivity contribution >= 4 is 29.8 Å². The number of pyridine rings is 1. The van der Waals surface area contributed by atoms with Gasteiger partial charge in [-0.3, -0.25) is 9.59 Å². The first kappa shape index (κ1) is 30.5. The average molecular weight is 577 g/mol. The van der Waals surface area contributed by atoms with Crippen LogP contribution in [0.15, 0.2) is 72.9 Å². The zero-order valence-electron chi connectivity index (χ0n) is 21.2. The van der Waals surface area contributed by atoms with E-state index in [1.807, 2.05) is 0 Å². The van der Waals surface area contributed by atoms with E-state index in [1.165, 1.54) is 12.1 Å². The quantitative estimate of drug-likeness (QED) is 0.135. The van der Waals surface area contributed by atoms with Gasteiger partial charge < -0.3 is 25.4 Å². The summed E-state index contributed by atoms with van der Waals surface area (Å²) in [7, 11) is 0. The van der Waals surface area contributed by atoms with Crippen LogP contribution in [0.5, 0.6) is 0 Å². The number of esters is 2. The van der Waals surface area contributed by atoms with Gasteiger partial charge in [-0.15, -0.1) is 0 Å². The van der Waals surface area contributed by atoms with Gasteiger partial charge in [0.2, 0.25) is 5.91 Å². The average Bonchev–Trinajstić information content (AvgIpc) is 2.94. The Hall–Kier alpha value is -5.01. The molecule has 14 heteroatoms. The molecule has 0 saturated carbocycles. The second kappa shape index (κ2) is 14.4. The van der Waals surface area contributed by atoms with Gasteiger partial charge in [-0.25, -0.2) is 19.0 Å². The number of benzene rings is 2. The van der Waals surface area contributed by atoms with Crippen molar-refractivity contribution in [2.24, 2.45) is 0 Å². The fourth-order valence-corrected chi connectivity index (χ4v) is 3.46. The Kier molecular flexibility index (Phi) is 10.7. The summed E-state index contributed by atoms with van der Waals surface area (Å²) < 4.78 is 61.2. The van der Waals surface area contributed by atoms with Gasteiger partial charge in [-0.2, -0.15) is 13.2 Å². The fraction of sp³-hybridized carbons (Fsp3) is 0.222. The number of ether oxygens (including phenoxy) is 2. The first-order valence-electron chi connectivity index (χ1n) is 12.0. The Bertz CT molecular complexity index is 1360. The molecule has 1 atom stereocenters. The molecule has 0 fully saturated rings. The maximum absolute atomic E-state index is 14.9. The summed E-state index contributed by atoms with van der Waals surface area (Å²) >= 11 is 0. The molecule has 1 unspecified atom stereocenters. The molecule has 3 N–H and O–H groups in total. The lowest BCUT2D eigenvalue weighted by molar-refractivity contribution is -0.202. The van der Waals surface area contributed by atoms with Crippen molar-refractivity contribution in [1.82, 2.24) is 15.6 Å². The fourth-order valence-electron chi connectivity index (χ4n) is 3.46. The lowest BCUT2D eigenvalue weighted by Gasteiger charge is -2.19. The molecule has 1 heterocycles. The molecule has 0 radical (unpaired) electrons. The van der Waals surface area contributed by atoms with Crippen molar-refractivity contribution in [2.45, 2.75) is 18.6 Å². The van der Waals surface area contributed by atoms with Crippen LogP contribution in [-0.2, 0) is 23.9 Å². The molecular weight excluding hydrogens is 552 g/mol. The third-order valence-electron chi connectivity index (χ3n) is 5.32. The smallest absolute Gasteiger partial charge is 0.448 e. The van der Waals surface area contributed by atoms with Crippen LogP contribution in [0.1, 0.15) is 18.0 Å². The first-order chi connectivity index (χ1) is 19.5. The number of halogens is 4. The summed E-state index contributed by atoms with van der Waals surface area (Å²) in [6.45, 7) is -0.495. The summed E-state index contributed by atoms with van der Waals surface area (Å²) in [6.07, 6.45) is -5.74. The predicted molar refractivity (Wildman–Crippen MR) is 137 cm³/mol. The van der Waals surface area contributed by atoms with Crippen LogP contribution in [0.25, 0.3) is 11.1 Å². The molecule has 216 valence electrons. The van der Waals surface area contributed by atoms with E-state index in [0.717, 1.165) is 6.07 Å². The number of aromatic nitrogens is 1. The molecule has 2 amide bonds. The van der Waals surface area contributed by atoms with Crippen LogP contribution in [-0.4, -0.2) is 54.8 Å². The summed E-state index contributed by atoms with van der Waals surface area (Å²) in [6, 6.07) is 15.9. The van der Waals surface area contributed by atoms with Gasteiger partial charge >= 0.3 is 24.2 Å². The van der Waals surface area contributed by atoms with Crippen LogP contribution in [0.3, 0.4) is 0 Å². The van der Waals surface area contributed by atoms with E-state index >= 15 is 0 Å². The summed E-state index contributed by atoms with van der Waals surface area (Å²) in [5.74, 6) is -5.42. The zero-order valence-corrected chi connectivity index (χ0v) is 21.2. The number of nitrogens with zero attached hydrogens (tertiary/aromatic N) is 1. The number of hydrogen-bond acceptors (Lipinski definition) is 8. The predicted octanol–water partition coefficient (Wildman–Crippen LogP) is 3.91. The van der Waals surface area contributed by atoms with E-state index in [-0.39, 0.29) is 24.3 Å². The molecule has 2 aromatic carbocycles. The maximum Gasteiger partial charge on any atom is 0.491 e. The molecule has 10 nitrogen and oxygen atoms in total. The normalized spacial score (nSPS) is 11.6. The monoisotopic (exact) mass is 576 g/mol. The molecule has 0 aliphatic rings. The van der Waals surface area contributed by atoms with Crippen molar-refractivity contribution in [2.75, 3.05) is 25.0 Å². The Morgan fingerprint density at radius 2 is 1.68 bits per heavy atom. The highest BCUT2D eigenvalue weighted by molar-refractivity contribution is 5.89. The van der Waals surface area contributed by atoms with Gasteiger partial charge in [0.25, 0.3) is 0 Å². The van der Waals surface area contributed by atoms with E-state index in [1.54, 1.807) is 54.7 Å². The maximum atomic E-state index is 14.9. The molecule has 41 heavy (non-hydrogen) atoms. The van der Waals surface area contributed by atoms with Gasteiger partial charge in [-0.05, 0) is 29.3 Å². The van der Waals surface area contributed by atoms with Crippen LogP contribution < -0.4 is 16.0 Å². The Morgan fingerprint density at radius 1 is 0.951 bits per heavy atom. The van der Waals surface area contributed by atoms with Gasteiger partial charge in [-0.1, -0.05) is 48.5 Å². The van der Waals surface area contributed by atoms with E-state index in [0.29, 0.717) is 11.4 Å². The zero-order chi connectivity index (χ0) is 29.8. The number of amides is 2. The molecule has 3 rings (SSSR count). The van der Waals surface area contributed by atoms with E-state index in [2.05, 4.69) is 25.7 Å². The molecule has 1 aromatic heterocycles. The van der Waals surface area contributed by atoms with E-state index < -0.39 is 54.9 Å². The van der Waals surface area contributed by atoms with Crippen molar-refractivity contribution in [3.05, 3.63) is 84.3 Å². The topological polar surface area (TPSA) is 136 Å². The number of nitrogens with one attached hydrogen (secondary N) is 3. The highest BCUT2D eigenvalue weighted by atomic mass is 19.4. The van der Waals surface area contributed by atoms with E-state index in [4.69, 9.17) is 4.74 Å². The molecular formula is C27H24F4N4O6. The first-order valence-corrected chi connectivity index (χ1v) is 12.0. The lowest BCUT2D eigenvalue weighted by atomic mass is 9.98. The second-order valence-corrected chi connectivity index (χ2v) is 8.32. The number of alkyl halides is 3. The lowest BCUT2D eigenvalue weighted by Crippen LogP contribution is -2.40. The molecule has 0 bridgehead atoms. The molecule has 0 saturated heterocycles. The van der Waals surface area contributed by atoms with Crippen LogP contribution in [0.4, 0.5) is 28.2 Å². The summed E-state index contributed by atoms with van der Waals surface area (Å²) in [5, 5.41) is 7.40. The minimum atomic E-state index is -5.42. The standard InChI is InChI=1S/C27H24F4N4O6/c28-20-14-18(9-10-19(20)17-6-2-1-3-7-17)21(15-24(37)41-25(38)27(29,30)31)35-23(36)16-34-26(39)40-13-12-33-22-8-4-5-11-32-22/h1-11,14,21H,12-13,15-16H2,(H,32,33)(H,34,39)(H,35,36). The number of alkyl carbamates (subject to hydrolysis) is 1. The molecule has 3 aromatic rings. The largest absolute Gasteiger partial charge is 0.491 e. The van der Waals surface area contributed by atoms with Gasteiger partial charge in [0, 0.05) is 11.8 Å². The van der Waals surface area contributed by atoms with Crippen molar-refractivity contribution < 1.29 is 46.2 Å². The number of carbonyl (C=O) groups excluding carboxylic acids is 4. The minimum Gasteiger partial charge on any atom is -0.448 e. The highest BCUT2D eigenvalue weighted by Crippen LogP contribution is 2.27. The van der Waals surface area contributed by atoms with Crippen molar-refractivity contribution in [3.8, 4) is 11.1 Å². The summed E-state index contributed by atoms with van der Waals surface area (Å²) in [5.41, 5.74) is 0.719. The van der Waals surface area contributed by atoms with Gasteiger partial charge in [0.1, 0.15) is 24.8 Å². The van der Waals surface area contributed by atoms with Gasteiger partial charge in [0.05, 0.1) is 19.0 Å². The Labute approximate surface area is 231 Å². The van der Waals surface area contributed by atoms with Crippen molar-refractivity contribution in [1.29, 1.82) is 0 Å². The second-order valence-electron chi connectivity index (χ2n) is 8.32. The molecule has 0 aliphatic heterocycles. The van der Waals surface area contributed by atoms with Crippen LogP contribution in [0, 0.1) is 5.82 Å². The van der Waals surface area contributed by atoms with Crippen LogP contribution in [0.2, 0.25) is 0 Å². The highest BCUT2D eigenvalue weighted by Gasteiger charge is 2.42.